The van der Waals surface area contributed by atoms with Crippen LogP contribution in [0.1, 0.15) is 24.8 Å². The topological polar surface area (TPSA) is 86.6 Å². The number of hydrogen-bond acceptors (Lipinski definition) is 3. The molecule has 0 radical (unpaired) electrons. The van der Waals surface area contributed by atoms with Crippen molar-refractivity contribution in [1.82, 2.24) is 5.32 Å². The summed E-state index contributed by atoms with van der Waals surface area (Å²) in [4.78, 5) is 22.7. The van der Waals surface area contributed by atoms with E-state index in [9.17, 15) is 9.59 Å². The van der Waals surface area contributed by atoms with Crippen LogP contribution in [0.2, 0.25) is 0 Å². The zero-order valence-corrected chi connectivity index (χ0v) is 11.0. The van der Waals surface area contributed by atoms with Crippen LogP contribution in [-0.2, 0) is 16.0 Å². The summed E-state index contributed by atoms with van der Waals surface area (Å²) in [5.41, 5.74) is 0.721. The number of aliphatic carboxylic acids is 1. The minimum Gasteiger partial charge on any atom is -0.508 e. The maximum absolute atomic E-state index is 11.6. The van der Waals surface area contributed by atoms with Gasteiger partial charge in [0.05, 0.1) is 0 Å². The average Bonchev–Trinajstić information content (AvgIpc) is 2.40. The fourth-order valence-electron chi connectivity index (χ4n) is 1.69. The van der Waals surface area contributed by atoms with Gasteiger partial charge in [-0.25, -0.2) is 4.79 Å². The first-order valence-corrected chi connectivity index (χ1v) is 6.26. The van der Waals surface area contributed by atoms with Crippen LogP contribution in [-0.4, -0.2) is 28.1 Å². The molecule has 0 saturated carbocycles. The molecule has 20 heavy (non-hydrogen) atoms. The number of aromatic hydroxyl groups is 1. The molecule has 1 unspecified atom stereocenters. The predicted molar refractivity (Wildman–Crippen MR) is 74.1 cm³/mol. The molecule has 1 atom stereocenters. The Kier molecular flexibility index (Phi) is 6.11. The van der Waals surface area contributed by atoms with Gasteiger partial charge < -0.3 is 15.5 Å². The van der Waals surface area contributed by atoms with Crippen molar-refractivity contribution in [2.24, 2.45) is 0 Å². The highest BCUT2D eigenvalue weighted by Crippen LogP contribution is 2.11. The molecule has 3 N–H and O–H groups in total. The standard InChI is InChI=1S/C15H17NO4/c1-2-3-4-5-14(18)16-13(15(19)20)10-11-6-8-12(17)9-7-11/h1,6-9,13,17H,3-5,10H2,(H,16,18)(H,19,20). The number of hydrogen-bond donors (Lipinski definition) is 3. The highest BCUT2D eigenvalue weighted by Gasteiger charge is 2.20. The van der Waals surface area contributed by atoms with Gasteiger partial charge in [-0.15, -0.1) is 12.3 Å². The molecular weight excluding hydrogens is 258 g/mol. The minimum atomic E-state index is -1.09. The zero-order chi connectivity index (χ0) is 15.0. The highest BCUT2D eigenvalue weighted by atomic mass is 16.4. The SMILES string of the molecule is C#CCCCC(=O)NC(Cc1ccc(O)cc1)C(=O)O. The average molecular weight is 275 g/mol. The first kappa shape index (κ1) is 15.6. The van der Waals surface area contributed by atoms with Crippen LogP contribution in [0.4, 0.5) is 0 Å². The van der Waals surface area contributed by atoms with E-state index in [0.717, 1.165) is 5.56 Å². The van der Waals surface area contributed by atoms with Crippen LogP contribution in [0.5, 0.6) is 5.75 Å². The Bertz CT molecular complexity index is 502. The van der Waals surface area contributed by atoms with Gasteiger partial charge in [-0.1, -0.05) is 12.1 Å². The third-order valence-corrected chi connectivity index (χ3v) is 2.73. The lowest BCUT2D eigenvalue weighted by atomic mass is 10.1. The summed E-state index contributed by atoms with van der Waals surface area (Å²) < 4.78 is 0. The minimum absolute atomic E-state index is 0.110. The number of carboxylic acid groups (broad SMARTS) is 1. The van der Waals surface area contributed by atoms with E-state index in [2.05, 4.69) is 11.2 Å². The van der Waals surface area contributed by atoms with Gasteiger partial charge in [0.1, 0.15) is 11.8 Å². The molecule has 1 rings (SSSR count). The summed E-state index contributed by atoms with van der Waals surface area (Å²) in [6.45, 7) is 0. The third kappa shape index (κ3) is 5.44. The molecule has 106 valence electrons. The van der Waals surface area contributed by atoms with Gasteiger partial charge in [-0.2, -0.15) is 0 Å². The number of benzene rings is 1. The predicted octanol–water partition coefficient (Wildman–Crippen LogP) is 1.31. The molecular formula is C15H17NO4. The van der Waals surface area contributed by atoms with Gasteiger partial charge >= 0.3 is 5.97 Å². The summed E-state index contributed by atoms with van der Waals surface area (Å²) in [6, 6.07) is 5.20. The van der Waals surface area contributed by atoms with E-state index >= 15 is 0 Å². The van der Waals surface area contributed by atoms with Crippen molar-refractivity contribution in [1.29, 1.82) is 0 Å². The van der Waals surface area contributed by atoms with Crippen molar-refractivity contribution in [3.8, 4) is 18.1 Å². The molecule has 0 saturated heterocycles. The molecule has 0 aliphatic heterocycles. The van der Waals surface area contributed by atoms with Gasteiger partial charge in [0.15, 0.2) is 0 Å². The summed E-state index contributed by atoms with van der Waals surface area (Å²) in [5, 5.41) is 20.7. The van der Waals surface area contributed by atoms with Crippen LogP contribution in [0.15, 0.2) is 24.3 Å². The van der Waals surface area contributed by atoms with Crippen molar-refractivity contribution < 1.29 is 19.8 Å². The lowest BCUT2D eigenvalue weighted by molar-refractivity contribution is -0.141. The molecule has 0 aliphatic rings. The van der Waals surface area contributed by atoms with Gasteiger partial charge in [0.2, 0.25) is 5.91 Å². The Morgan fingerprint density at radius 2 is 1.95 bits per heavy atom. The van der Waals surface area contributed by atoms with E-state index in [1.165, 1.54) is 12.1 Å². The first-order valence-electron chi connectivity index (χ1n) is 6.26. The number of carbonyl (C=O) groups excluding carboxylic acids is 1. The second kappa shape index (κ2) is 7.85. The lowest BCUT2D eigenvalue weighted by Crippen LogP contribution is -2.42. The van der Waals surface area contributed by atoms with E-state index in [-0.39, 0.29) is 24.5 Å². The number of rotatable bonds is 7. The van der Waals surface area contributed by atoms with Gasteiger partial charge in [-0.05, 0) is 24.1 Å². The van der Waals surface area contributed by atoms with E-state index in [1.54, 1.807) is 12.1 Å². The molecule has 5 nitrogen and oxygen atoms in total. The van der Waals surface area contributed by atoms with E-state index in [1.807, 2.05) is 0 Å². The molecule has 0 aliphatic carbocycles. The largest absolute Gasteiger partial charge is 0.508 e. The normalized spacial score (nSPS) is 11.3. The quantitative estimate of drug-likeness (QED) is 0.517. The van der Waals surface area contributed by atoms with Crippen LogP contribution in [0.3, 0.4) is 0 Å². The molecule has 0 heterocycles. The molecule has 0 bridgehead atoms. The Hall–Kier alpha value is -2.48. The Morgan fingerprint density at radius 3 is 2.50 bits per heavy atom. The Balaban J connectivity index is 2.56. The van der Waals surface area contributed by atoms with Crippen LogP contribution >= 0.6 is 0 Å². The van der Waals surface area contributed by atoms with Crippen LogP contribution in [0, 0.1) is 12.3 Å². The van der Waals surface area contributed by atoms with Crippen LogP contribution in [0.25, 0.3) is 0 Å². The lowest BCUT2D eigenvalue weighted by Gasteiger charge is -2.14. The van der Waals surface area contributed by atoms with Crippen molar-refractivity contribution in [2.45, 2.75) is 31.7 Å². The summed E-state index contributed by atoms with van der Waals surface area (Å²) in [6.07, 6.45) is 6.48. The number of carboxylic acids is 1. The van der Waals surface area contributed by atoms with Crippen LogP contribution < -0.4 is 5.32 Å². The number of phenols is 1. The molecule has 1 aromatic rings. The molecule has 0 spiro atoms. The van der Waals surface area contributed by atoms with Crippen molar-refractivity contribution >= 4 is 11.9 Å². The van der Waals surface area contributed by atoms with E-state index in [0.29, 0.717) is 12.8 Å². The molecule has 0 fully saturated rings. The summed E-state index contributed by atoms with van der Waals surface area (Å²) in [5.74, 6) is 1.11. The smallest absolute Gasteiger partial charge is 0.326 e. The fraction of sp³-hybridized carbons (Fsp3) is 0.333. The maximum atomic E-state index is 11.6. The molecule has 5 heteroatoms. The van der Waals surface area contributed by atoms with Crippen molar-refractivity contribution in [2.75, 3.05) is 0 Å². The van der Waals surface area contributed by atoms with Crippen molar-refractivity contribution in [3.05, 3.63) is 29.8 Å². The molecule has 1 amide bonds. The van der Waals surface area contributed by atoms with Gasteiger partial charge in [0.25, 0.3) is 0 Å². The second-order valence-electron chi connectivity index (χ2n) is 4.39. The third-order valence-electron chi connectivity index (χ3n) is 2.73. The van der Waals surface area contributed by atoms with Gasteiger partial charge in [0, 0.05) is 19.3 Å². The summed E-state index contributed by atoms with van der Waals surface area (Å²) >= 11 is 0. The monoisotopic (exact) mass is 275 g/mol. The number of terminal acetylenes is 1. The summed E-state index contributed by atoms with van der Waals surface area (Å²) in [7, 11) is 0. The Labute approximate surface area is 117 Å². The highest BCUT2D eigenvalue weighted by molar-refractivity contribution is 5.83. The maximum Gasteiger partial charge on any atom is 0.326 e. The zero-order valence-electron chi connectivity index (χ0n) is 11.0. The van der Waals surface area contributed by atoms with Gasteiger partial charge in [-0.3, -0.25) is 4.79 Å². The first-order chi connectivity index (χ1) is 9.52. The molecule has 0 aromatic heterocycles. The Morgan fingerprint density at radius 1 is 1.30 bits per heavy atom. The van der Waals surface area contributed by atoms with Crippen molar-refractivity contribution in [3.63, 3.8) is 0 Å². The van der Waals surface area contributed by atoms with E-state index < -0.39 is 12.0 Å². The van der Waals surface area contributed by atoms with E-state index in [4.69, 9.17) is 16.6 Å². The number of carbonyl (C=O) groups is 2. The fourth-order valence-corrected chi connectivity index (χ4v) is 1.69. The molecule has 1 aromatic carbocycles. The number of unbranched alkanes of at least 4 members (excludes halogenated alkanes) is 1. The number of nitrogens with one attached hydrogen (secondary N) is 1. The number of amides is 1. The number of phenolic OH excluding ortho intramolecular Hbond substituents is 1. The second-order valence-corrected chi connectivity index (χ2v) is 4.39.